The van der Waals surface area contributed by atoms with E-state index in [1.54, 1.807) is 0 Å². The van der Waals surface area contributed by atoms with Gasteiger partial charge in [-0.3, -0.25) is 4.79 Å². The molecule has 0 bridgehead atoms. The molecule has 162 valence electrons. The van der Waals surface area contributed by atoms with Crippen molar-refractivity contribution >= 4 is 21.8 Å². The van der Waals surface area contributed by atoms with Crippen LogP contribution in [0.5, 0.6) is 0 Å². The van der Waals surface area contributed by atoms with Crippen molar-refractivity contribution in [3.05, 3.63) is 29.8 Å². The molecule has 3 rings (SSSR count). The molecule has 0 spiro atoms. The molecule has 0 aliphatic carbocycles. The van der Waals surface area contributed by atoms with Gasteiger partial charge in [-0.15, -0.1) is 0 Å². The maximum atomic E-state index is 12.7. The quantitative estimate of drug-likeness (QED) is 0.743. The maximum Gasteiger partial charge on any atom is 0.281 e. The minimum atomic E-state index is -3.41. The number of piperidine rings is 1. The Hall–Kier alpha value is -1.68. The summed E-state index contributed by atoms with van der Waals surface area (Å²) in [5.74, 6) is -0.157. The van der Waals surface area contributed by atoms with Crippen LogP contribution in [0.1, 0.15) is 31.4 Å². The van der Waals surface area contributed by atoms with Crippen LogP contribution in [0.2, 0.25) is 0 Å². The van der Waals surface area contributed by atoms with Gasteiger partial charge in [0, 0.05) is 51.9 Å². The van der Waals surface area contributed by atoms with Crippen LogP contribution < -0.4 is 10.2 Å². The van der Waals surface area contributed by atoms with Gasteiger partial charge in [0.05, 0.1) is 19.3 Å². The highest BCUT2D eigenvalue weighted by atomic mass is 32.2. The zero-order valence-electron chi connectivity index (χ0n) is 17.5. The summed E-state index contributed by atoms with van der Waals surface area (Å²) in [5.41, 5.74) is 2.23. The van der Waals surface area contributed by atoms with Crippen LogP contribution in [-0.2, 0) is 19.7 Å². The number of hydrogen-bond donors (Lipinski definition) is 1. The Bertz CT molecular complexity index is 783. The second-order valence-electron chi connectivity index (χ2n) is 7.88. The van der Waals surface area contributed by atoms with E-state index in [1.165, 1.54) is 28.4 Å². The molecule has 2 fully saturated rings. The zero-order chi connectivity index (χ0) is 21.0. The van der Waals surface area contributed by atoms with Gasteiger partial charge in [0.25, 0.3) is 10.2 Å². The summed E-state index contributed by atoms with van der Waals surface area (Å²) in [6, 6.07) is 8.20. The fourth-order valence-electron chi connectivity index (χ4n) is 3.79. The number of morpholine rings is 1. The lowest BCUT2D eigenvalue weighted by Gasteiger charge is -2.32. The Labute approximate surface area is 174 Å². The first-order chi connectivity index (χ1) is 13.8. The van der Waals surface area contributed by atoms with Gasteiger partial charge in [-0.1, -0.05) is 12.1 Å². The van der Waals surface area contributed by atoms with Crippen LogP contribution in [0.15, 0.2) is 24.3 Å². The Morgan fingerprint density at radius 1 is 1.10 bits per heavy atom. The van der Waals surface area contributed by atoms with E-state index >= 15 is 0 Å². The lowest BCUT2D eigenvalue weighted by molar-refractivity contribution is -0.126. The van der Waals surface area contributed by atoms with Crippen molar-refractivity contribution in [2.75, 3.05) is 58.4 Å². The van der Waals surface area contributed by atoms with E-state index in [-0.39, 0.29) is 17.9 Å². The van der Waals surface area contributed by atoms with E-state index in [4.69, 9.17) is 4.74 Å². The van der Waals surface area contributed by atoms with E-state index in [9.17, 15) is 13.2 Å². The van der Waals surface area contributed by atoms with Gasteiger partial charge in [-0.25, -0.2) is 0 Å². The Balaban J connectivity index is 1.52. The van der Waals surface area contributed by atoms with Gasteiger partial charge in [0.1, 0.15) is 0 Å². The standard InChI is InChI=1S/C20H32N4O4S/c1-16(17-4-6-19(7-5-17)23-12-14-28-15-13-23)21-20(25)18-8-10-24(11-9-18)29(26,27)22(2)3/h4-7,16,18H,8-15H2,1-3H3,(H,21,25). The molecular formula is C20H32N4O4S. The Morgan fingerprint density at radius 3 is 2.24 bits per heavy atom. The predicted molar refractivity (Wildman–Crippen MR) is 113 cm³/mol. The molecule has 8 nitrogen and oxygen atoms in total. The molecule has 1 unspecified atom stereocenters. The second-order valence-corrected chi connectivity index (χ2v) is 10.0. The molecule has 1 amide bonds. The zero-order valence-corrected chi connectivity index (χ0v) is 18.3. The summed E-state index contributed by atoms with van der Waals surface area (Å²) in [4.78, 5) is 15.0. The van der Waals surface area contributed by atoms with Crippen molar-refractivity contribution in [2.45, 2.75) is 25.8 Å². The first-order valence-electron chi connectivity index (χ1n) is 10.2. The number of anilines is 1. The highest BCUT2D eigenvalue weighted by molar-refractivity contribution is 7.86. The number of amides is 1. The minimum Gasteiger partial charge on any atom is -0.378 e. The summed E-state index contributed by atoms with van der Waals surface area (Å²) in [6.07, 6.45) is 1.09. The van der Waals surface area contributed by atoms with Crippen molar-refractivity contribution in [1.82, 2.24) is 13.9 Å². The van der Waals surface area contributed by atoms with Gasteiger partial charge >= 0.3 is 0 Å². The average Bonchev–Trinajstić information content (AvgIpc) is 2.74. The van der Waals surface area contributed by atoms with Crippen molar-refractivity contribution < 1.29 is 17.9 Å². The van der Waals surface area contributed by atoms with Crippen LogP contribution in [0.3, 0.4) is 0 Å². The molecule has 2 aliphatic rings. The summed E-state index contributed by atoms with van der Waals surface area (Å²) in [7, 11) is -0.350. The monoisotopic (exact) mass is 424 g/mol. The largest absolute Gasteiger partial charge is 0.378 e. The van der Waals surface area contributed by atoms with E-state index < -0.39 is 10.2 Å². The van der Waals surface area contributed by atoms with Gasteiger partial charge in [-0.2, -0.15) is 17.0 Å². The predicted octanol–water partition coefficient (Wildman–Crippen LogP) is 1.22. The number of ether oxygens (including phenoxy) is 1. The lowest BCUT2D eigenvalue weighted by Crippen LogP contribution is -2.47. The molecule has 1 aromatic rings. The van der Waals surface area contributed by atoms with Crippen LogP contribution in [0.4, 0.5) is 5.69 Å². The van der Waals surface area contributed by atoms with E-state index in [0.29, 0.717) is 25.9 Å². The Morgan fingerprint density at radius 2 is 1.69 bits per heavy atom. The molecule has 0 aromatic heterocycles. The van der Waals surface area contributed by atoms with E-state index in [1.807, 2.05) is 6.92 Å². The second kappa shape index (κ2) is 9.42. The first-order valence-corrected chi connectivity index (χ1v) is 11.6. The number of carbonyl (C=O) groups excluding carboxylic acids is 1. The lowest BCUT2D eigenvalue weighted by atomic mass is 9.96. The topological polar surface area (TPSA) is 82.2 Å². The highest BCUT2D eigenvalue weighted by Crippen LogP contribution is 2.23. The fourth-order valence-corrected chi connectivity index (χ4v) is 4.92. The molecule has 2 saturated heterocycles. The van der Waals surface area contributed by atoms with Crippen LogP contribution in [0, 0.1) is 5.92 Å². The van der Waals surface area contributed by atoms with Gasteiger partial charge in [0.2, 0.25) is 5.91 Å². The van der Waals surface area contributed by atoms with Gasteiger partial charge < -0.3 is 15.0 Å². The highest BCUT2D eigenvalue weighted by Gasteiger charge is 2.32. The molecule has 2 heterocycles. The number of nitrogens with zero attached hydrogens (tertiary/aromatic N) is 3. The molecule has 0 radical (unpaired) electrons. The molecule has 1 N–H and O–H groups in total. The van der Waals surface area contributed by atoms with Crippen molar-refractivity contribution in [3.63, 3.8) is 0 Å². The summed E-state index contributed by atoms with van der Waals surface area (Å²) >= 11 is 0. The average molecular weight is 425 g/mol. The third-order valence-corrected chi connectivity index (χ3v) is 7.68. The molecule has 29 heavy (non-hydrogen) atoms. The normalized spacial score (nSPS) is 20.6. The molecule has 1 atom stereocenters. The number of carbonyl (C=O) groups is 1. The van der Waals surface area contributed by atoms with E-state index in [2.05, 4.69) is 34.5 Å². The molecule has 1 aromatic carbocycles. The van der Waals surface area contributed by atoms with Crippen molar-refractivity contribution in [1.29, 1.82) is 0 Å². The molecular weight excluding hydrogens is 392 g/mol. The first kappa shape index (κ1) is 22.0. The third-order valence-electron chi connectivity index (χ3n) is 5.74. The summed E-state index contributed by atoms with van der Waals surface area (Å²) < 4.78 is 32.5. The molecule has 9 heteroatoms. The summed E-state index contributed by atoms with van der Waals surface area (Å²) in [6.45, 7) is 6.03. The van der Waals surface area contributed by atoms with Crippen LogP contribution in [-0.4, -0.2) is 76.4 Å². The number of benzene rings is 1. The number of nitrogens with one attached hydrogen (secondary N) is 1. The van der Waals surface area contributed by atoms with Gasteiger partial charge in [0.15, 0.2) is 0 Å². The minimum absolute atomic E-state index is 0.00310. The third kappa shape index (κ3) is 5.28. The van der Waals surface area contributed by atoms with E-state index in [0.717, 1.165) is 31.9 Å². The molecule has 0 saturated carbocycles. The van der Waals surface area contributed by atoms with Crippen LogP contribution >= 0.6 is 0 Å². The fraction of sp³-hybridized carbons (Fsp3) is 0.650. The molecule has 2 aliphatic heterocycles. The Kier molecular flexibility index (Phi) is 7.15. The van der Waals surface area contributed by atoms with Crippen LogP contribution in [0.25, 0.3) is 0 Å². The number of hydrogen-bond acceptors (Lipinski definition) is 5. The van der Waals surface area contributed by atoms with Crippen molar-refractivity contribution in [3.8, 4) is 0 Å². The number of rotatable bonds is 6. The van der Waals surface area contributed by atoms with Crippen molar-refractivity contribution in [2.24, 2.45) is 5.92 Å². The maximum absolute atomic E-state index is 12.7. The summed E-state index contributed by atoms with van der Waals surface area (Å²) in [5, 5.41) is 3.09. The van der Waals surface area contributed by atoms with Gasteiger partial charge in [-0.05, 0) is 37.5 Å². The SMILES string of the molecule is CC(NC(=O)C1CCN(S(=O)(=O)N(C)C)CC1)c1ccc(N2CCOCC2)cc1. The smallest absolute Gasteiger partial charge is 0.281 e.